The van der Waals surface area contributed by atoms with E-state index in [0.717, 1.165) is 49.4 Å². The zero-order valence-electron chi connectivity index (χ0n) is 33.7. The Labute approximate surface area is 340 Å². The minimum atomic E-state index is -3.89. The average molecular weight is 811 g/mol. The number of nitrogens with one attached hydrogen (secondary N) is 2. The van der Waals surface area contributed by atoms with Crippen LogP contribution >= 0.6 is 0 Å². The van der Waals surface area contributed by atoms with Crippen LogP contribution in [0.15, 0.2) is 55.3 Å². The number of nitrogens with zero attached hydrogens (tertiary/aromatic N) is 4. The molecule has 4 fully saturated rings. The van der Waals surface area contributed by atoms with E-state index in [4.69, 9.17) is 9.72 Å². The molecule has 3 aliphatic carbocycles. The second-order valence-electron chi connectivity index (χ2n) is 17.9. The third-order valence-electron chi connectivity index (χ3n) is 12.8. The van der Waals surface area contributed by atoms with Crippen molar-refractivity contribution in [3.63, 3.8) is 0 Å². The van der Waals surface area contributed by atoms with Crippen molar-refractivity contribution in [3.8, 4) is 17.1 Å². The summed E-state index contributed by atoms with van der Waals surface area (Å²) in [5, 5.41) is 3.09. The SMILES string of the molecule is C=C[C@@H]1CC1(NC(=O)[C@@H]1C[C@@H](Oc2cc(-c3ccccn3)nc3c4c(ccc23)CCC4)CN1C(=O)C(CC(=O)N1CCCCC1)C(C)(C)C)C(=O)NS(=O)(=O)C1CC1. The Morgan fingerprint density at radius 1 is 1.03 bits per heavy atom. The molecular formula is C44H54N6O7S. The first-order valence-electron chi connectivity index (χ1n) is 20.8. The van der Waals surface area contributed by atoms with Gasteiger partial charge in [-0.15, -0.1) is 6.58 Å². The molecule has 4 amide bonds. The molecular weight excluding hydrogens is 757 g/mol. The molecule has 1 aromatic carbocycles. The van der Waals surface area contributed by atoms with Gasteiger partial charge < -0.3 is 19.9 Å². The lowest BCUT2D eigenvalue weighted by molar-refractivity contribution is -0.148. The van der Waals surface area contributed by atoms with E-state index in [9.17, 15) is 27.6 Å². The molecule has 2 unspecified atom stereocenters. The molecule has 13 nitrogen and oxygen atoms in total. The second-order valence-corrected chi connectivity index (χ2v) is 19.9. The van der Waals surface area contributed by atoms with Crippen LogP contribution < -0.4 is 14.8 Å². The fraction of sp³-hybridized carbons (Fsp3) is 0.545. The number of carbonyl (C=O) groups is 4. The van der Waals surface area contributed by atoms with Gasteiger partial charge in [-0.1, -0.05) is 39.0 Å². The Morgan fingerprint density at radius 2 is 1.81 bits per heavy atom. The van der Waals surface area contributed by atoms with Gasteiger partial charge in [-0.05, 0) is 92.5 Å². The summed E-state index contributed by atoms with van der Waals surface area (Å²) in [7, 11) is -3.89. The van der Waals surface area contributed by atoms with E-state index < -0.39 is 62.0 Å². The van der Waals surface area contributed by atoms with Gasteiger partial charge in [-0.25, -0.2) is 13.4 Å². The number of sulfonamides is 1. The number of piperidine rings is 1. The lowest BCUT2D eigenvalue weighted by Gasteiger charge is -2.36. The van der Waals surface area contributed by atoms with Crippen molar-refractivity contribution in [2.75, 3.05) is 19.6 Å². The molecule has 58 heavy (non-hydrogen) atoms. The van der Waals surface area contributed by atoms with Crippen LogP contribution in [0.25, 0.3) is 22.3 Å². The largest absolute Gasteiger partial charge is 0.488 e. The van der Waals surface area contributed by atoms with E-state index >= 15 is 0 Å². The van der Waals surface area contributed by atoms with Crippen molar-refractivity contribution in [1.29, 1.82) is 0 Å². The summed E-state index contributed by atoms with van der Waals surface area (Å²) >= 11 is 0. The molecule has 0 spiro atoms. The lowest BCUT2D eigenvalue weighted by Crippen LogP contribution is -2.57. The zero-order chi connectivity index (χ0) is 41.0. The molecule has 0 radical (unpaired) electrons. The topological polar surface area (TPSA) is 168 Å². The summed E-state index contributed by atoms with van der Waals surface area (Å²) in [5.41, 5.74) is 2.45. The number of pyridine rings is 2. The number of hydrogen-bond donors (Lipinski definition) is 2. The summed E-state index contributed by atoms with van der Waals surface area (Å²) in [6.45, 7) is 11.0. The van der Waals surface area contributed by atoms with Gasteiger partial charge >= 0.3 is 0 Å². The quantitative estimate of drug-likeness (QED) is 0.243. The smallest absolute Gasteiger partial charge is 0.259 e. The molecule has 308 valence electrons. The number of aromatic nitrogens is 2. The number of aryl methyl sites for hydroxylation is 2. The van der Waals surface area contributed by atoms with Crippen molar-refractivity contribution in [2.24, 2.45) is 17.3 Å². The highest BCUT2D eigenvalue weighted by atomic mass is 32.2. The maximum Gasteiger partial charge on any atom is 0.259 e. The van der Waals surface area contributed by atoms with Gasteiger partial charge in [0.2, 0.25) is 27.7 Å². The number of fused-ring (bicyclic) bond motifs is 3. The molecule has 2 N–H and O–H groups in total. The van der Waals surface area contributed by atoms with Crippen LogP contribution in [0.2, 0.25) is 0 Å². The fourth-order valence-electron chi connectivity index (χ4n) is 9.06. The monoisotopic (exact) mass is 810 g/mol. The van der Waals surface area contributed by atoms with Crippen LogP contribution in [0, 0.1) is 17.3 Å². The molecule has 14 heteroatoms. The summed E-state index contributed by atoms with van der Waals surface area (Å²) in [5.74, 6) is -2.52. The van der Waals surface area contributed by atoms with Crippen LogP contribution in [0.3, 0.4) is 0 Å². The van der Waals surface area contributed by atoms with Crippen molar-refractivity contribution in [1.82, 2.24) is 29.8 Å². The third kappa shape index (κ3) is 7.83. The van der Waals surface area contributed by atoms with E-state index in [2.05, 4.69) is 27.7 Å². The zero-order valence-corrected chi connectivity index (χ0v) is 34.5. The Balaban J connectivity index is 1.12. The Bertz CT molecular complexity index is 2250. The fourth-order valence-corrected chi connectivity index (χ4v) is 10.4. The first-order valence-corrected chi connectivity index (χ1v) is 22.4. The third-order valence-corrected chi connectivity index (χ3v) is 14.6. The summed E-state index contributed by atoms with van der Waals surface area (Å²) in [6.07, 6.45) is 9.63. The van der Waals surface area contributed by atoms with Crippen LogP contribution in [0.1, 0.15) is 89.7 Å². The number of carbonyl (C=O) groups excluding carboxylic acids is 4. The Morgan fingerprint density at radius 3 is 2.48 bits per heavy atom. The van der Waals surface area contributed by atoms with Crippen molar-refractivity contribution < 1.29 is 32.3 Å². The molecule has 2 saturated carbocycles. The van der Waals surface area contributed by atoms with Gasteiger partial charge in [0.05, 0.1) is 34.6 Å². The van der Waals surface area contributed by atoms with E-state index in [0.29, 0.717) is 43.1 Å². The summed E-state index contributed by atoms with van der Waals surface area (Å²) in [4.78, 5) is 69.9. The summed E-state index contributed by atoms with van der Waals surface area (Å²) in [6, 6.07) is 10.6. The molecule has 3 aromatic rings. The van der Waals surface area contributed by atoms with Crippen LogP contribution in [0.5, 0.6) is 5.75 Å². The standard InChI is InChI=1S/C44H54N6O7S/c1-5-28-25-44(28,42(54)48-58(55,56)30-16-17-30)47-40(52)36-22-29(26-50(36)41(53)33(43(2,3)4)23-38(51)49-20-9-6-10-21-49)57-37-24-35(34-14-7-8-19-45-34)46-39-31-13-11-12-27(31)15-18-32(37)39/h5,7-8,14-15,18-19,24,28-30,33,36H,1,6,9-13,16-17,20-23,25-26H2,2-4H3,(H,47,52)(H,48,54)/t28-,29-,33?,36+,44?/m1/s1. The number of benzene rings is 1. The van der Waals surface area contributed by atoms with Gasteiger partial charge in [-0.3, -0.25) is 28.9 Å². The van der Waals surface area contributed by atoms with Crippen LogP contribution in [-0.4, -0.2) is 94.4 Å². The predicted molar refractivity (Wildman–Crippen MR) is 219 cm³/mol. The number of amides is 4. The lowest BCUT2D eigenvalue weighted by atomic mass is 9.77. The number of hydrogen-bond acceptors (Lipinski definition) is 9. The Hall–Kier alpha value is -4.85. The van der Waals surface area contributed by atoms with Gasteiger partial charge in [0.15, 0.2) is 0 Å². The molecule has 4 heterocycles. The highest BCUT2D eigenvalue weighted by Crippen LogP contribution is 2.46. The normalized spacial score (nSPS) is 24.8. The molecule has 0 bridgehead atoms. The van der Waals surface area contributed by atoms with Crippen molar-refractivity contribution >= 4 is 44.6 Å². The number of rotatable bonds is 12. The molecule has 8 rings (SSSR count). The number of ether oxygens (including phenoxy) is 1. The molecule has 2 aromatic heterocycles. The first kappa shape index (κ1) is 40.0. The molecule has 5 aliphatic rings. The highest BCUT2D eigenvalue weighted by molar-refractivity contribution is 7.91. The van der Waals surface area contributed by atoms with Gasteiger partial charge in [0.25, 0.3) is 5.91 Å². The average Bonchev–Trinajstić information content (AvgIpc) is 4.09. The van der Waals surface area contributed by atoms with Gasteiger partial charge in [-0.2, -0.15) is 0 Å². The van der Waals surface area contributed by atoms with E-state index in [1.807, 2.05) is 56.0 Å². The number of likely N-dealkylation sites (tertiary alicyclic amines) is 2. The van der Waals surface area contributed by atoms with Crippen molar-refractivity contribution in [3.05, 3.63) is 66.4 Å². The van der Waals surface area contributed by atoms with Gasteiger partial charge in [0.1, 0.15) is 23.4 Å². The van der Waals surface area contributed by atoms with Crippen LogP contribution in [0.4, 0.5) is 0 Å². The summed E-state index contributed by atoms with van der Waals surface area (Å²) < 4.78 is 34.7. The second kappa shape index (κ2) is 15.4. The Kier molecular flexibility index (Phi) is 10.6. The van der Waals surface area contributed by atoms with E-state index in [-0.39, 0.29) is 37.6 Å². The minimum absolute atomic E-state index is 0.00383. The minimum Gasteiger partial charge on any atom is -0.488 e. The maximum atomic E-state index is 14.9. The molecule has 2 aliphatic heterocycles. The van der Waals surface area contributed by atoms with E-state index in [1.165, 1.54) is 16.0 Å². The first-order chi connectivity index (χ1) is 27.7. The van der Waals surface area contributed by atoms with Crippen molar-refractivity contribution in [2.45, 2.75) is 114 Å². The van der Waals surface area contributed by atoms with Gasteiger partial charge in [0, 0.05) is 49.5 Å². The predicted octanol–water partition coefficient (Wildman–Crippen LogP) is 4.87. The maximum absolute atomic E-state index is 14.9. The van der Waals surface area contributed by atoms with Crippen LogP contribution in [-0.2, 0) is 42.0 Å². The molecule has 5 atom stereocenters. The highest BCUT2D eigenvalue weighted by Gasteiger charge is 2.62. The molecule has 2 saturated heterocycles. The van der Waals surface area contributed by atoms with E-state index in [1.54, 1.807) is 12.3 Å².